The molecule has 2 atom stereocenters. The van der Waals surface area contributed by atoms with E-state index in [0.29, 0.717) is 6.42 Å². The molecule has 1 aliphatic rings. The molecule has 4 heteroatoms. The molecule has 1 aromatic heterocycles. The number of pyridine rings is 1. The van der Waals surface area contributed by atoms with E-state index in [1.807, 2.05) is 19.1 Å². The lowest BCUT2D eigenvalue weighted by Crippen LogP contribution is -2.38. The van der Waals surface area contributed by atoms with Gasteiger partial charge in [0, 0.05) is 12.6 Å². The first-order valence-corrected chi connectivity index (χ1v) is 5.12. The summed E-state index contributed by atoms with van der Waals surface area (Å²) in [6.07, 6.45) is 4.81. The maximum atomic E-state index is 11.0. The number of ether oxygens (including phenoxy) is 1. The van der Waals surface area contributed by atoms with Crippen LogP contribution in [0.2, 0.25) is 0 Å². The van der Waals surface area contributed by atoms with E-state index in [0.717, 1.165) is 12.2 Å². The van der Waals surface area contributed by atoms with Gasteiger partial charge in [-0.15, -0.1) is 0 Å². The van der Waals surface area contributed by atoms with Crippen molar-refractivity contribution in [1.29, 1.82) is 0 Å². The van der Waals surface area contributed by atoms with Gasteiger partial charge in [0.05, 0.1) is 12.2 Å². The largest absolute Gasteiger partial charge is 0.487 e. The molecular formula is C11H14N2O2. The highest BCUT2D eigenvalue weighted by atomic mass is 16.5. The van der Waals surface area contributed by atoms with Crippen molar-refractivity contribution in [3.63, 3.8) is 0 Å². The molecule has 0 spiro atoms. The number of carbonyl (C=O) groups excluding carboxylic acids is 1. The molecule has 0 aliphatic carbocycles. The molecule has 1 unspecified atom stereocenters. The second-order valence-corrected chi connectivity index (χ2v) is 3.72. The minimum atomic E-state index is -0.0133. The van der Waals surface area contributed by atoms with Crippen molar-refractivity contribution in [2.24, 2.45) is 0 Å². The maximum Gasteiger partial charge on any atom is 0.220 e. The van der Waals surface area contributed by atoms with Crippen LogP contribution in [0.15, 0.2) is 24.5 Å². The topological polar surface area (TPSA) is 51.2 Å². The molecule has 1 aliphatic heterocycles. The van der Waals surface area contributed by atoms with E-state index >= 15 is 0 Å². The summed E-state index contributed by atoms with van der Waals surface area (Å²) in [5.74, 6) is 0.854. The summed E-state index contributed by atoms with van der Waals surface area (Å²) in [6, 6.07) is 3.81. The lowest BCUT2D eigenvalue weighted by atomic mass is 10.1. The van der Waals surface area contributed by atoms with Crippen LogP contribution < -0.4 is 10.1 Å². The van der Waals surface area contributed by atoms with E-state index in [4.69, 9.17) is 4.74 Å². The standard InChI is InChI=1S/C11H14N2O2/c1-8(10-4-5-11(14)13-10)15-9-3-2-6-12-7-9/h2-3,6-8,10H,4-5H2,1H3,(H,13,14)/t8?,10-/m0/s1. The molecule has 2 heterocycles. The zero-order valence-electron chi connectivity index (χ0n) is 8.64. The smallest absolute Gasteiger partial charge is 0.220 e. The van der Waals surface area contributed by atoms with E-state index in [-0.39, 0.29) is 18.1 Å². The number of hydrogen-bond acceptors (Lipinski definition) is 3. The Morgan fingerprint density at radius 2 is 2.53 bits per heavy atom. The minimum Gasteiger partial charge on any atom is -0.487 e. The maximum absolute atomic E-state index is 11.0. The van der Waals surface area contributed by atoms with Crippen molar-refractivity contribution < 1.29 is 9.53 Å². The van der Waals surface area contributed by atoms with Crippen LogP contribution in [0.25, 0.3) is 0 Å². The second kappa shape index (κ2) is 4.29. The van der Waals surface area contributed by atoms with Crippen molar-refractivity contribution in [3.05, 3.63) is 24.5 Å². The summed E-state index contributed by atoms with van der Waals surface area (Å²) < 4.78 is 5.67. The van der Waals surface area contributed by atoms with Crippen LogP contribution in [-0.2, 0) is 4.79 Å². The van der Waals surface area contributed by atoms with Gasteiger partial charge >= 0.3 is 0 Å². The molecule has 1 amide bonds. The molecule has 0 saturated carbocycles. The average Bonchev–Trinajstić information content (AvgIpc) is 2.66. The van der Waals surface area contributed by atoms with Crippen LogP contribution in [0.3, 0.4) is 0 Å². The number of hydrogen-bond donors (Lipinski definition) is 1. The summed E-state index contributed by atoms with van der Waals surface area (Å²) in [6.45, 7) is 1.96. The molecule has 1 fully saturated rings. The van der Waals surface area contributed by atoms with Gasteiger partial charge in [0.25, 0.3) is 0 Å². The van der Waals surface area contributed by atoms with Gasteiger partial charge in [0.1, 0.15) is 11.9 Å². The van der Waals surface area contributed by atoms with E-state index in [1.165, 1.54) is 0 Å². The predicted octanol–water partition coefficient (Wildman–Crippen LogP) is 1.13. The van der Waals surface area contributed by atoms with Crippen molar-refractivity contribution in [2.75, 3.05) is 0 Å². The fraction of sp³-hybridized carbons (Fsp3) is 0.455. The summed E-state index contributed by atoms with van der Waals surface area (Å²) >= 11 is 0. The van der Waals surface area contributed by atoms with Crippen molar-refractivity contribution in [2.45, 2.75) is 31.9 Å². The fourth-order valence-electron chi connectivity index (χ4n) is 1.70. The summed E-state index contributed by atoms with van der Waals surface area (Å²) in [4.78, 5) is 15.0. The molecule has 0 radical (unpaired) electrons. The summed E-state index contributed by atoms with van der Waals surface area (Å²) in [5.41, 5.74) is 0. The Morgan fingerprint density at radius 3 is 3.13 bits per heavy atom. The average molecular weight is 206 g/mol. The lowest BCUT2D eigenvalue weighted by Gasteiger charge is -2.20. The first kappa shape index (κ1) is 9.96. The van der Waals surface area contributed by atoms with Gasteiger partial charge in [0.2, 0.25) is 5.91 Å². The van der Waals surface area contributed by atoms with Gasteiger partial charge < -0.3 is 10.1 Å². The predicted molar refractivity (Wildman–Crippen MR) is 55.5 cm³/mol. The Bertz CT molecular complexity index is 340. The van der Waals surface area contributed by atoms with Crippen molar-refractivity contribution in [1.82, 2.24) is 10.3 Å². The number of carbonyl (C=O) groups is 1. The Kier molecular flexibility index (Phi) is 2.85. The highest BCUT2D eigenvalue weighted by Crippen LogP contribution is 2.16. The molecule has 1 saturated heterocycles. The molecule has 2 rings (SSSR count). The third-order valence-corrected chi connectivity index (χ3v) is 2.55. The Labute approximate surface area is 88.7 Å². The van der Waals surface area contributed by atoms with Crippen LogP contribution in [0.4, 0.5) is 0 Å². The number of nitrogens with one attached hydrogen (secondary N) is 1. The molecule has 1 N–H and O–H groups in total. The first-order chi connectivity index (χ1) is 7.25. The Balaban J connectivity index is 1.92. The van der Waals surface area contributed by atoms with Crippen LogP contribution in [0.5, 0.6) is 5.75 Å². The van der Waals surface area contributed by atoms with E-state index in [9.17, 15) is 4.79 Å². The quantitative estimate of drug-likeness (QED) is 0.806. The SMILES string of the molecule is CC(Oc1cccnc1)[C@@H]1CCC(=O)N1. The zero-order chi connectivity index (χ0) is 10.7. The molecule has 0 bridgehead atoms. The molecule has 0 aromatic carbocycles. The highest BCUT2D eigenvalue weighted by molar-refractivity contribution is 5.78. The van der Waals surface area contributed by atoms with Crippen molar-refractivity contribution in [3.8, 4) is 5.75 Å². The lowest BCUT2D eigenvalue weighted by molar-refractivity contribution is -0.119. The molecule has 1 aromatic rings. The number of aromatic nitrogens is 1. The Hall–Kier alpha value is -1.58. The molecule has 4 nitrogen and oxygen atoms in total. The van der Waals surface area contributed by atoms with Crippen molar-refractivity contribution >= 4 is 5.91 Å². The molecule has 80 valence electrons. The van der Waals surface area contributed by atoms with Gasteiger partial charge in [-0.05, 0) is 25.5 Å². The highest BCUT2D eigenvalue weighted by Gasteiger charge is 2.27. The third kappa shape index (κ3) is 2.46. The van der Waals surface area contributed by atoms with Gasteiger partial charge in [-0.1, -0.05) is 0 Å². The van der Waals surface area contributed by atoms with E-state index < -0.39 is 0 Å². The summed E-state index contributed by atoms with van der Waals surface area (Å²) in [7, 11) is 0. The minimum absolute atomic E-state index is 0.0133. The van der Waals surface area contributed by atoms with Crippen LogP contribution in [0.1, 0.15) is 19.8 Å². The first-order valence-electron chi connectivity index (χ1n) is 5.12. The number of amides is 1. The summed E-state index contributed by atoms with van der Waals surface area (Å²) in [5, 5.41) is 2.89. The van der Waals surface area contributed by atoms with Gasteiger partial charge in [-0.25, -0.2) is 0 Å². The van der Waals surface area contributed by atoms with Crippen LogP contribution >= 0.6 is 0 Å². The van der Waals surface area contributed by atoms with E-state index in [2.05, 4.69) is 10.3 Å². The number of rotatable bonds is 3. The second-order valence-electron chi connectivity index (χ2n) is 3.72. The van der Waals surface area contributed by atoms with Crippen LogP contribution in [0, 0.1) is 0 Å². The van der Waals surface area contributed by atoms with Gasteiger partial charge in [0.15, 0.2) is 0 Å². The van der Waals surface area contributed by atoms with Crippen LogP contribution in [-0.4, -0.2) is 23.0 Å². The Morgan fingerprint density at radius 1 is 1.67 bits per heavy atom. The molecule has 15 heavy (non-hydrogen) atoms. The molecular weight excluding hydrogens is 192 g/mol. The van der Waals surface area contributed by atoms with E-state index in [1.54, 1.807) is 12.4 Å². The fourth-order valence-corrected chi connectivity index (χ4v) is 1.70. The van der Waals surface area contributed by atoms with Gasteiger partial charge in [-0.3, -0.25) is 9.78 Å². The third-order valence-electron chi connectivity index (χ3n) is 2.55. The monoisotopic (exact) mass is 206 g/mol. The zero-order valence-corrected chi connectivity index (χ0v) is 8.64. The normalized spacial score (nSPS) is 22.2. The van der Waals surface area contributed by atoms with Gasteiger partial charge in [-0.2, -0.15) is 0 Å². The number of nitrogens with zero attached hydrogens (tertiary/aromatic N) is 1.